The second-order valence-corrected chi connectivity index (χ2v) is 4.81. The van der Waals surface area contributed by atoms with Crippen LogP contribution in [0.2, 0.25) is 0 Å². The largest absolute Gasteiger partial charge is 0.489 e. The molecule has 114 valence electrons. The van der Waals surface area contributed by atoms with Gasteiger partial charge in [-0.2, -0.15) is 0 Å². The molecule has 4 nitrogen and oxygen atoms in total. The Balaban J connectivity index is 1.95. The SMILES string of the molecule is CC(N=Cc1ccc(OCc2ccccc2F)cc1)C(N)=O. The number of primary amides is 1. The molecule has 2 aromatic rings. The molecule has 1 amide bonds. The van der Waals surface area contributed by atoms with E-state index in [4.69, 9.17) is 10.5 Å². The van der Waals surface area contributed by atoms with Crippen molar-refractivity contribution in [1.29, 1.82) is 0 Å². The van der Waals surface area contributed by atoms with Crippen molar-refractivity contribution >= 4 is 12.1 Å². The number of hydrogen-bond acceptors (Lipinski definition) is 3. The Morgan fingerprint density at radius 3 is 2.59 bits per heavy atom. The maximum Gasteiger partial charge on any atom is 0.241 e. The highest BCUT2D eigenvalue weighted by molar-refractivity contribution is 5.85. The van der Waals surface area contributed by atoms with Gasteiger partial charge >= 0.3 is 0 Å². The van der Waals surface area contributed by atoms with E-state index in [2.05, 4.69) is 4.99 Å². The molecular formula is C17H17FN2O2. The van der Waals surface area contributed by atoms with Crippen LogP contribution in [0.15, 0.2) is 53.5 Å². The molecule has 0 aliphatic heterocycles. The molecule has 1 atom stereocenters. The zero-order valence-electron chi connectivity index (χ0n) is 12.2. The third-order valence-electron chi connectivity index (χ3n) is 3.09. The van der Waals surface area contributed by atoms with Crippen LogP contribution in [0.4, 0.5) is 4.39 Å². The molecule has 2 aromatic carbocycles. The Kier molecular flexibility index (Phi) is 5.25. The summed E-state index contributed by atoms with van der Waals surface area (Å²) in [5.41, 5.74) is 6.46. The number of benzene rings is 2. The minimum Gasteiger partial charge on any atom is -0.489 e. The minimum absolute atomic E-state index is 0.165. The van der Waals surface area contributed by atoms with Crippen molar-refractivity contribution in [2.45, 2.75) is 19.6 Å². The number of ether oxygens (including phenoxy) is 1. The first-order chi connectivity index (χ1) is 10.6. The van der Waals surface area contributed by atoms with E-state index < -0.39 is 11.9 Å². The first-order valence-electron chi connectivity index (χ1n) is 6.85. The van der Waals surface area contributed by atoms with Crippen molar-refractivity contribution in [3.05, 3.63) is 65.5 Å². The van der Waals surface area contributed by atoms with Crippen molar-refractivity contribution in [3.63, 3.8) is 0 Å². The number of nitrogens with two attached hydrogens (primary N) is 1. The van der Waals surface area contributed by atoms with Gasteiger partial charge in [-0.1, -0.05) is 18.2 Å². The van der Waals surface area contributed by atoms with Crippen molar-refractivity contribution < 1.29 is 13.9 Å². The van der Waals surface area contributed by atoms with Crippen molar-refractivity contribution in [2.75, 3.05) is 0 Å². The van der Waals surface area contributed by atoms with Crippen LogP contribution in [-0.2, 0) is 11.4 Å². The Hall–Kier alpha value is -2.69. The predicted octanol–water partition coefficient (Wildman–Crippen LogP) is 2.70. The molecule has 2 N–H and O–H groups in total. The molecule has 0 saturated heterocycles. The van der Waals surface area contributed by atoms with Gasteiger partial charge in [0.2, 0.25) is 5.91 Å². The first kappa shape index (κ1) is 15.7. The second-order valence-electron chi connectivity index (χ2n) is 4.81. The molecule has 0 saturated carbocycles. The Labute approximate surface area is 128 Å². The summed E-state index contributed by atoms with van der Waals surface area (Å²) < 4.78 is 19.0. The zero-order chi connectivity index (χ0) is 15.9. The monoisotopic (exact) mass is 300 g/mol. The normalized spacial score (nSPS) is 12.3. The summed E-state index contributed by atoms with van der Waals surface area (Å²) in [5, 5.41) is 0. The molecular weight excluding hydrogens is 283 g/mol. The molecule has 0 heterocycles. The number of rotatable bonds is 6. The van der Waals surface area contributed by atoms with E-state index in [1.807, 2.05) is 0 Å². The number of amides is 1. The standard InChI is InChI=1S/C17H17FN2O2/c1-12(17(19)21)20-10-13-6-8-15(9-7-13)22-11-14-4-2-3-5-16(14)18/h2-10,12H,11H2,1H3,(H2,19,21). The van der Waals surface area contributed by atoms with Crippen LogP contribution in [0.25, 0.3) is 0 Å². The van der Waals surface area contributed by atoms with Crippen LogP contribution in [-0.4, -0.2) is 18.2 Å². The van der Waals surface area contributed by atoms with Gasteiger partial charge in [0.1, 0.15) is 24.2 Å². The average Bonchev–Trinajstić information content (AvgIpc) is 2.52. The molecule has 22 heavy (non-hydrogen) atoms. The average molecular weight is 300 g/mol. The van der Waals surface area contributed by atoms with Crippen molar-refractivity contribution in [1.82, 2.24) is 0 Å². The summed E-state index contributed by atoms with van der Waals surface area (Å²) in [6.45, 7) is 1.80. The van der Waals surface area contributed by atoms with Gasteiger partial charge in [-0.15, -0.1) is 0 Å². The molecule has 0 fully saturated rings. The fourth-order valence-electron chi connectivity index (χ4n) is 1.70. The zero-order valence-corrected chi connectivity index (χ0v) is 12.2. The minimum atomic E-state index is -0.558. The first-order valence-corrected chi connectivity index (χ1v) is 6.85. The van der Waals surface area contributed by atoms with E-state index in [9.17, 15) is 9.18 Å². The Morgan fingerprint density at radius 2 is 1.95 bits per heavy atom. The number of carbonyl (C=O) groups excluding carboxylic acids is 1. The fraction of sp³-hybridized carbons (Fsp3) is 0.176. The van der Waals surface area contributed by atoms with E-state index in [-0.39, 0.29) is 12.4 Å². The third-order valence-corrected chi connectivity index (χ3v) is 3.09. The second kappa shape index (κ2) is 7.36. The lowest BCUT2D eigenvalue weighted by Gasteiger charge is -2.07. The van der Waals surface area contributed by atoms with Gasteiger partial charge in [-0.3, -0.25) is 9.79 Å². The number of carbonyl (C=O) groups is 1. The highest BCUT2D eigenvalue weighted by Crippen LogP contribution is 2.15. The molecule has 1 unspecified atom stereocenters. The highest BCUT2D eigenvalue weighted by atomic mass is 19.1. The summed E-state index contributed by atoms with van der Waals surface area (Å²) in [7, 11) is 0. The van der Waals surface area contributed by atoms with Gasteiger partial charge in [-0.05, 0) is 42.8 Å². The number of hydrogen-bond donors (Lipinski definition) is 1. The van der Waals surface area contributed by atoms with Gasteiger partial charge in [-0.25, -0.2) is 4.39 Å². The van der Waals surface area contributed by atoms with E-state index in [0.29, 0.717) is 11.3 Å². The van der Waals surface area contributed by atoms with Crippen LogP contribution >= 0.6 is 0 Å². The van der Waals surface area contributed by atoms with Gasteiger partial charge < -0.3 is 10.5 Å². The third kappa shape index (κ3) is 4.41. The molecule has 2 rings (SSSR count). The lowest BCUT2D eigenvalue weighted by molar-refractivity contribution is -0.118. The number of halogens is 1. The van der Waals surface area contributed by atoms with Crippen LogP contribution in [0.1, 0.15) is 18.1 Å². The summed E-state index contributed by atoms with van der Waals surface area (Å²) in [4.78, 5) is 14.9. The molecule has 0 spiro atoms. The Morgan fingerprint density at radius 1 is 1.27 bits per heavy atom. The van der Waals surface area contributed by atoms with Crippen LogP contribution < -0.4 is 10.5 Å². The fourth-order valence-corrected chi connectivity index (χ4v) is 1.70. The molecule has 0 aliphatic rings. The van der Waals surface area contributed by atoms with Gasteiger partial charge in [0.25, 0.3) is 0 Å². The van der Waals surface area contributed by atoms with E-state index in [1.165, 1.54) is 6.07 Å². The molecule has 5 heteroatoms. The van der Waals surface area contributed by atoms with Crippen molar-refractivity contribution in [2.24, 2.45) is 10.7 Å². The highest BCUT2D eigenvalue weighted by Gasteiger charge is 2.04. The molecule has 0 aliphatic carbocycles. The molecule has 0 bridgehead atoms. The summed E-state index contributed by atoms with van der Waals surface area (Å²) in [6.07, 6.45) is 1.58. The maximum absolute atomic E-state index is 13.5. The maximum atomic E-state index is 13.5. The molecule has 0 aromatic heterocycles. The van der Waals surface area contributed by atoms with Gasteiger partial charge in [0.15, 0.2) is 0 Å². The number of aliphatic imine (C=N–C) groups is 1. The molecule has 0 radical (unpaired) electrons. The topological polar surface area (TPSA) is 64.7 Å². The van der Waals surface area contributed by atoms with Crippen LogP contribution in [0.3, 0.4) is 0 Å². The smallest absolute Gasteiger partial charge is 0.241 e. The van der Waals surface area contributed by atoms with Crippen molar-refractivity contribution in [3.8, 4) is 5.75 Å². The summed E-state index contributed by atoms with van der Waals surface area (Å²) in [6, 6.07) is 13.0. The lowest BCUT2D eigenvalue weighted by atomic mass is 10.2. The quantitative estimate of drug-likeness (QED) is 0.834. The van der Waals surface area contributed by atoms with E-state index in [1.54, 1.807) is 55.6 Å². The predicted molar refractivity (Wildman–Crippen MR) is 83.4 cm³/mol. The summed E-state index contributed by atoms with van der Waals surface area (Å²) >= 11 is 0. The lowest BCUT2D eigenvalue weighted by Crippen LogP contribution is -2.23. The Bertz CT molecular complexity index is 669. The van der Waals surface area contributed by atoms with Crippen LogP contribution in [0.5, 0.6) is 5.75 Å². The number of nitrogens with zero attached hydrogens (tertiary/aromatic N) is 1. The summed E-state index contributed by atoms with van der Waals surface area (Å²) in [5.74, 6) is -0.129. The van der Waals surface area contributed by atoms with E-state index in [0.717, 1.165) is 5.56 Å². The van der Waals surface area contributed by atoms with E-state index >= 15 is 0 Å². The van der Waals surface area contributed by atoms with Gasteiger partial charge in [0.05, 0.1) is 0 Å². The van der Waals surface area contributed by atoms with Gasteiger partial charge in [0, 0.05) is 11.8 Å². The van der Waals surface area contributed by atoms with Crippen LogP contribution in [0, 0.1) is 5.82 Å².